The minimum atomic E-state index is -0.933. The fraction of sp³-hybridized carbons (Fsp3) is 0.526. The normalized spacial score (nSPS) is 11.2. The number of H-pyrrole nitrogens is 1. The van der Waals surface area contributed by atoms with Crippen molar-refractivity contribution in [2.24, 2.45) is 0 Å². The van der Waals surface area contributed by atoms with Gasteiger partial charge in [0.1, 0.15) is 0 Å². The number of carboxylic acids is 1. The molecule has 0 bridgehead atoms. The third-order valence-corrected chi connectivity index (χ3v) is 4.47. The molecule has 2 heterocycles. The SMILES string of the molecule is CCCn1c(=O)[nH]c(=O)c2c(C(=O)N(C)CCCC(=O)O)cc(C(C)C)nc21. The van der Waals surface area contributed by atoms with Crippen molar-refractivity contribution in [1.82, 2.24) is 19.4 Å². The standard InChI is InChI=1S/C19H26N4O5/c1-5-8-23-16-15(17(26)21-19(23)28)12(10-13(20-16)11(2)3)18(27)22(4)9-6-7-14(24)25/h10-11H,5-9H2,1-4H3,(H,24,25)(H,21,26,28). The van der Waals surface area contributed by atoms with Crippen LogP contribution >= 0.6 is 0 Å². The molecule has 0 unspecified atom stereocenters. The molecule has 0 spiro atoms. The highest BCUT2D eigenvalue weighted by molar-refractivity contribution is 6.05. The zero-order valence-electron chi connectivity index (χ0n) is 16.6. The van der Waals surface area contributed by atoms with E-state index in [0.29, 0.717) is 25.1 Å². The van der Waals surface area contributed by atoms with Gasteiger partial charge in [-0.2, -0.15) is 0 Å². The highest BCUT2D eigenvalue weighted by Gasteiger charge is 2.22. The number of carboxylic acid groups (broad SMARTS) is 1. The van der Waals surface area contributed by atoms with Gasteiger partial charge in [-0.15, -0.1) is 0 Å². The Bertz CT molecular complexity index is 1010. The van der Waals surface area contributed by atoms with E-state index in [1.165, 1.54) is 9.47 Å². The van der Waals surface area contributed by atoms with Crippen molar-refractivity contribution in [3.63, 3.8) is 0 Å². The molecule has 9 heteroatoms. The molecule has 9 nitrogen and oxygen atoms in total. The van der Waals surface area contributed by atoms with Crippen molar-refractivity contribution in [2.45, 2.75) is 52.5 Å². The molecule has 0 aromatic carbocycles. The van der Waals surface area contributed by atoms with Crippen LogP contribution in [0.3, 0.4) is 0 Å². The number of pyridine rings is 1. The Morgan fingerprint density at radius 2 is 2.00 bits per heavy atom. The maximum Gasteiger partial charge on any atom is 0.329 e. The molecule has 0 aliphatic heterocycles. The maximum absolute atomic E-state index is 13.0. The van der Waals surface area contributed by atoms with Gasteiger partial charge in [-0.1, -0.05) is 20.8 Å². The highest BCUT2D eigenvalue weighted by atomic mass is 16.4. The van der Waals surface area contributed by atoms with Crippen molar-refractivity contribution in [3.8, 4) is 0 Å². The summed E-state index contributed by atoms with van der Waals surface area (Å²) in [6.45, 7) is 6.32. The van der Waals surface area contributed by atoms with E-state index in [4.69, 9.17) is 5.11 Å². The molecule has 2 aromatic heterocycles. The smallest absolute Gasteiger partial charge is 0.329 e. The Labute approximate surface area is 162 Å². The number of aryl methyl sites for hydroxylation is 1. The topological polar surface area (TPSA) is 125 Å². The maximum atomic E-state index is 13.0. The number of aromatic nitrogens is 3. The van der Waals surface area contributed by atoms with E-state index in [0.717, 1.165) is 0 Å². The summed E-state index contributed by atoms with van der Waals surface area (Å²) in [6, 6.07) is 1.58. The van der Waals surface area contributed by atoms with Gasteiger partial charge in [0.05, 0.1) is 10.9 Å². The first-order valence-corrected chi connectivity index (χ1v) is 9.32. The van der Waals surface area contributed by atoms with Crippen LogP contribution in [0.4, 0.5) is 0 Å². The monoisotopic (exact) mass is 390 g/mol. The Kier molecular flexibility index (Phi) is 6.71. The van der Waals surface area contributed by atoms with Crippen LogP contribution < -0.4 is 11.2 Å². The summed E-state index contributed by atoms with van der Waals surface area (Å²) in [6.07, 6.45) is 0.907. The number of amides is 1. The zero-order valence-corrected chi connectivity index (χ0v) is 16.6. The van der Waals surface area contributed by atoms with E-state index < -0.39 is 23.1 Å². The fourth-order valence-electron chi connectivity index (χ4n) is 2.96. The fourth-order valence-corrected chi connectivity index (χ4v) is 2.96. The number of carbonyl (C=O) groups is 2. The third-order valence-electron chi connectivity index (χ3n) is 4.47. The minimum absolute atomic E-state index is 0.0160. The minimum Gasteiger partial charge on any atom is -0.481 e. The summed E-state index contributed by atoms with van der Waals surface area (Å²) in [4.78, 5) is 56.7. The summed E-state index contributed by atoms with van der Waals surface area (Å²) >= 11 is 0. The molecule has 0 atom stereocenters. The first-order chi connectivity index (χ1) is 13.2. The van der Waals surface area contributed by atoms with Gasteiger partial charge in [0, 0.05) is 32.3 Å². The average Bonchev–Trinajstić information content (AvgIpc) is 2.62. The molecule has 2 aromatic rings. The lowest BCUT2D eigenvalue weighted by atomic mass is 10.0. The molecule has 0 fully saturated rings. The van der Waals surface area contributed by atoms with E-state index in [1.54, 1.807) is 13.1 Å². The van der Waals surface area contributed by atoms with Gasteiger partial charge in [-0.3, -0.25) is 23.9 Å². The molecular weight excluding hydrogens is 364 g/mol. The number of hydrogen-bond acceptors (Lipinski definition) is 5. The van der Waals surface area contributed by atoms with Gasteiger partial charge in [0.15, 0.2) is 5.65 Å². The molecule has 0 saturated heterocycles. The highest BCUT2D eigenvalue weighted by Crippen LogP contribution is 2.21. The Balaban J connectivity index is 2.65. The number of nitrogens with one attached hydrogen (secondary N) is 1. The van der Waals surface area contributed by atoms with E-state index in [9.17, 15) is 19.2 Å². The number of fused-ring (bicyclic) bond motifs is 1. The van der Waals surface area contributed by atoms with Crippen LogP contribution in [-0.2, 0) is 11.3 Å². The van der Waals surface area contributed by atoms with Crippen molar-refractivity contribution in [1.29, 1.82) is 0 Å². The molecule has 0 radical (unpaired) electrons. The largest absolute Gasteiger partial charge is 0.481 e. The first-order valence-electron chi connectivity index (χ1n) is 9.32. The molecule has 0 aliphatic carbocycles. The van der Waals surface area contributed by atoms with Gasteiger partial charge < -0.3 is 10.0 Å². The van der Waals surface area contributed by atoms with Crippen LogP contribution in [0.2, 0.25) is 0 Å². The number of aromatic amines is 1. The lowest BCUT2D eigenvalue weighted by molar-refractivity contribution is -0.137. The molecule has 0 saturated carbocycles. The number of nitrogens with zero attached hydrogens (tertiary/aromatic N) is 3. The number of aliphatic carboxylic acids is 1. The van der Waals surface area contributed by atoms with Crippen LogP contribution in [0.1, 0.15) is 62.0 Å². The summed E-state index contributed by atoms with van der Waals surface area (Å²) in [5.41, 5.74) is -0.246. The summed E-state index contributed by atoms with van der Waals surface area (Å²) < 4.78 is 1.38. The van der Waals surface area contributed by atoms with Crippen LogP contribution in [0, 0.1) is 0 Å². The second kappa shape index (κ2) is 8.81. The van der Waals surface area contributed by atoms with E-state index in [1.807, 2.05) is 20.8 Å². The predicted molar refractivity (Wildman–Crippen MR) is 105 cm³/mol. The number of carbonyl (C=O) groups excluding carboxylic acids is 1. The van der Waals surface area contributed by atoms with Gasteiger partial charge >= 0.3 is 11.7 Å². The number of rotatable bonds is 8. The van der Waals surface area contributed by atoms with Crippen LogP contribution in [0.25, 0.3) is 11.0 Å². The zero-order chi connectivity index (χ0) is 21.0. The molecule has 2 N–H and O–H groups in total. The average molecular weight is 390 g/mol. The van der Waals surface area contributed by atoms with Gasteiger partial charge in [-0.05, 0) is 24.8 Å². The van der Waals surface area contributed by atoms with E-state index in [-0.39, 0.29) is 35.5 Å². The first kappa shape index (κ1) is 21.3. The van der Waals surface area contributed by atoms with Gasteiger partial charge in [0.25, 0.3) is 11.5 Å². The molecule has 152 valence electrons. The summed E-state index contributed by atoms with van der Waals surface area (Å²) in [5, 5.41) is 8.85. The molecular formula is C19H26N4O5. The van der Waals surface area contributed by atoms with E-state index >= 15 is 0 Å². The van der Waals surface area contributed by atoms with Crippen molar-refractivity contribution < 1.29 is 14.7 Å². The quantitative estimate of drug-likeness (QED) is 0.704. The second-order valence-electron chi connectivity index (χ2n) is 7.08. The second-order valence-corrected chi connectivity index (χ2v) is 7.08. The summed E-state index contributed by atoms with van der Waals surface area (Å²) in [7, 11) is 1.56. The van der Waals surface area contributed by atoms with Crippen molar-refractivity contribution >= 4 is 22.9 Å². The summed E-state index contributed by atoms with van der Waals surface area (Å²) in [5.74, 6) is -1.36. The lowest BCUT2D eigenvalue weighted by Gasteiger charge is -2.19. The predicted octanol–water partition coefficient (Wildman–Crippen LogP) is 1.55. The van der Waals surface area contributed by atoms with E-state index in [2.05, 4.69) is 9.97 Å². The van der Waals surface area contributed by atoms with Crippen molar-refractivity contribution in [3.05, 3.63) is 38.2 Å². The third kappa shape index (κ3) is 4.47. The molecule has 1 amide bonds. The van der Waals surface area contributed by atoms with Gasteiger partial charge in [-0.25, -0.2) is 9.78 Å². The Morgan fingerprint density at radius 1 is 1.32 bits per heavy atom. The lowest BCUT2D eigenvalue weighted by Crippen LogP contribution is -2.34. The molecule has 28 heavy (non-hydrogen) atoms. The van der Waals surface area contributed by atoms with Crippen molar-refractivity contribution in [2.75, 3.05) is 13.6 Å². The number of hydrogen-bond donors (Lipinski definition) is 2. The van der Waals surface area contributed by atoms with Crippen LogP contribution in [0.15, 0.2) is 15.7 Å². The molecule has 2 rings (SSSR count). The van der Waals surface area contributed by atoms with Crippen LogP contribution in [-0.4, -0.2) is 50.0 Å². The Morgan fingerprint density at radius 3 is 2.57 bits per heavy atom. The van der Waals surface area contributed by atoms with Crippen LogP contribution in [0.5, 0.6) is 0 Å². The van der Waals surface area contributed by atoms with Gasteiger partial charge in [0.2, 0.25) is 0 Å². The Hall–Kier alpha value is -2.97. The molecule has 0 aliphatic rings.